The van der Waals surface area contributed by atoms with Gasteiger partial charge in [-0.3, -0.25) is 4.79 Å². The number of alkyl halides is 3. The number of hydrogen-bond acceptors (Lipinski definition) is 6. The largest absolute Gasteiger partial charge is 0.434 e. The van der Waals surface area contributed by atoms with Crippen LogP contribution in [0.1, 0.15) is 28.9 Å². The highest BCUT2D eigenvalue weighted by atomic mass is 19.4. The number of aromatic nitrogens is 2. The molecular weight excluding hydrogens is 339 g/mol. The van der Waals surface area contributed by atoms with Crippen LogP contribution in [-0.2, 0) is 10.9 Å². The van der Waals surface area contributed by atoms with Crippen LogP contribution in [0.2, 0.25) is 0 Å². The fourth-order valence-electron chi connectivity index (χ4n) is 2.57. The lowest BCUT2D eigenvalue weighted by Crippen LogP contribution is -2.42. The predicted molar refractivity (Wildman–Crippen MR) is 84.9 cm³/mol. The summed E-state index contributed by atoms with van der Waals surface area (Å²) in [5.41, 5.74) is 3.35. The minimum Gasteiger partial charge on any atom is -0.376 e. The van der Waals surface area contributed by atoms with Gasteiger partial charge < -0.3 is 20.3 Å². The summed E-state index contributed by atoms with van der Waals surface area (Å²) in [6.45, 7) is 1.61. The molecule has 1 aliphatic rings. The predicted octanol–water partition coefficient (Wildman–Crippen LogP) is 1.26. The van der Waals surface area contributed by atoms with E-state index in [1.807, 2.05) is 19.0 Å². The molecule has 0 spiro atoms. The summed E-state index contributed by atoms with van der Waals surface area (Å²) in [5.74, 6) is -1.30. The number of anilines is 1. The second kappa shape index (κ2) is 7.96. The van der Waals surface area contributed by atoms with E-state index < -0.39 is 29.3 Å². The van der Waals surface area contributed by atoms with Gasteiger partial charge in [0.1, 0.15) is 0 Å². The lowest BCUT2D eigenvalue weighted by atomic mass is 10.1. The number of likely N-dealkylation sites (N-methyl/N-ethyl adjacent to an activating group) is 1. The van der Waals surface area contributed by atoms with Gasteiger partial charge in [-0.15, -0.1) is 0 Å². The Bertz CT molecular complexity index is 603. The summed E-state index contributed by atoms with van der Waals surface area (Å²) in [6, 6.07) is 0. The third-order valence-electron chi connectivity index (χ3n) is 3.86. The number of carbonyl (C=O) groups excluding carboxylic acids is 1. The highest BCUT2D eigenvalue weighted by molar-refractivity contribution is 5.95. The number of rotatable bonds is 6. The second-order valence-electron chi connectivity index (χ2n) is 6.18. The van der Waals surface area contributed by atoms with Crippen molar-refractivity contribution in [3.63, 3.8) is 0 Å². The molecule has 140 valence electrons. The molecule has 2 heterocycles. The van der Waals surface area contributed by atoms with Crippen LogP contribution < -0.4 is 5.73 Å². The van der Waals surface area contributed by atoms with Gasteiger partial charge in [0.2, 0.25) is 5.95 Å². The van der Waals surface area contributed by atoms with Gasteiger partial charge in [0, 0.05) is 32.4 Å². The maximum Gasteiger partial charge on any atom is 0.434 e. The Kier molecular flexibility index (Phi) is 6.17. The fourth-order valence-corrected chi connectivity index (χ4v) is 2.57. The highest BCUT2D eigenvalue weighted by Gasteiger charge is 2.39. The third-order valence-corrected chi connectivity index (χ3v) is 3.86. The Labute approximate surface area is 144 Å². The van der Waals surface area contributed by atoms with Gasteiger partial charge in [0.15, 0.2) is 5.69 Å². The Morgan fingerprint density at radius 3 is 2.68 bits per heavy atom. The zero-order valence-corrected chi connectivity index (χ0v) is 14.2. The lowest BCUT2D eigenvalue weighted by molar-refractivity contribution is -0.141. The van der Waals surface area contributed by atoms with Crippen molar-refractivity contribution >= 4 is 11.9 Å². The second-order valence-corrected chi connectivity index (χ2v) is 6.18. The Balaban J connectivity index is 2.28. The minimum atomic E-state index is -4.79. The van der Waals surface area contributed by atoms with Crippen LogP contribution in [0.25, 0.3) is 0 Å². The standard InChI is InChI=1S/C15H22F3N5O2/c1-22(2)5-6-23(9-10-4-3-7-25-10)13(24)11-8-20-14(19)21-12(11)15(16,17)18/h8,10H,3-7,9H2,1-2H3,(H2,19,20,21)/t10-/m1/s1. The van der Waals surface area contributed by atoms with Gasteiger partial charge in [-0.2, -0.15) is 13.2 Å². The molecule has 0 radical (unpaired) electrons. The summed E-state index contributed by atoms with van der Waals surface area (Å²) in [4.78, 5) is 22.8. The molecule has 1 atom stereocenters. The van der Waals surface area contributed by atoms with Crippen molar-refractivity contribution in [3.05, 3.63) is 17.5 Å². The van der Waals surface area contributed by atoms with E-state index in [1.54, 1.807) is 0 Å². The number of carbonyl (C=O) groups is 1. The van der Waals surface area contributed by atoms with Gasteiger partial charge in [0.05, 0.1) is 11.7 Å². The summed E-state index contributed by atoms with van der Waals surface area (Å²) < 4.78 is 45.2. The number of amides is 1. The number of nitrogens with two attached hydrogens (primary N) is 1. The molecule has 2 rings (SSSR count). The van der Waals surface area contributed by atoms with Gasteiger partial charge in [-0.25, -0.2) is 9.97 Å². The summed E-state index contributed by atoms with van der Waals surface area (Å²) in [5, 5.41) is 0. The molecule has 10 heteroatoms. The molecule has 0 aliphatic carbocycles. The summed E-state index contributed by atoms with van der Waals surface area (Å²) in [7, 11) is 3.64. The number of ether oxygens (including phenoxy) is 1. The zero-order chi connectivity index (χ0) is 18.6. The average molecular weight is 361 g/mol. The van der Waals surface area contributed by atoms with Crippen molar-refractivity contribution in [3.8, 4) is 0 Å². The maximum atomic E-state index is 13.2. The monoisotopic (exact) mass is 361 g/mol. The van der Waals surface area contributed by atoms with Crippen LogP contribution in [0, 0.1) is 0 Å². The Morgan fingerprint density at radius 2 is 2.12 bits per heavy atom. The molecular formula is C15H22F3N5O2. The first-order valence-corrected chi connectivity index (χ1v) is 7.94. The van der Waals surface area contributed by atoms with E-state index in [0.29, 0.717) is 13.2 Å². The number of hydrogen-bond donors (Lipinski definition) is 1. The third kappa shape index (κ3) is 5.27. The van der Waals surface area contributed by atoms with Crippen LogP contribution in [0.4, 0.5) is 19.1 Å². The first-order chi connectivity index (χ1) is 11.7. The van der Waals surface area contributed by atoms with Crippen LogP contribution in [0.15, 0.2) is 6.20 Å². The van der Waals surface area contributed by atoms with Crippen molar-refractivity contribution in [2.75, 3.05) is 46.1 Å². The Morgan fingerprint density at radius 1 is 1.40 bits per heavy atom. The molecule has 0 saturated carbocycles. The normalized spacial score (nSPS) is 17.9. The van der Waals surface area contributed by atoms with E-state index >= 15 is 0 Å². The van der Waals surface area contributed by atoms with Crippen molar-refractivity contribution < 1.29 is 22.7 Å². The fraction of sp³-hybridized carbons (Fsp3) is 0.667. The van der Waals surface area contributed by atoms with Gasteiger partial charge >= 0.3 is 6.18 Å². The summed E-state index contributed by atoms with van der Waals surface area (Å²) >= 11 is 0. The molecule has 1 fully saturated rings. The van der Waals surface area contributed by atoms with Crippen LogP contribution in [0.3, 0.4) is 0 Å². The first-order valence-electron chi connectivity index (χ1n) is 7.94. The molecule has 1 saturated heterocycles. The molecule has 1 aromatic heterocycles. The highest BCUT2D eigenvalue weighted by Crippen LogP contribution is 2.31. The van der Waals surface area contributed by atoms with Crippen LogP contribution in [0.5, 0.6) is 0 Å². The van der Waals surface area contributed by atoms with Crippen molar-refractivity contribution in [1.29, 1.82) is 0 Å². The first kappa shape index (κ1) is 19.4. The Hall–Kier alpha value is -1.94. The lowest BCUT2D eigenvalue weighted by Gasteiger charge is -2.27. The van der Waals surface area contributed by atoms with E-state index in [0.717, 1.165) is 19.0 Å². The molecule has 1 aliphatic heterocycles. The number of halogens is 3. The van der Waals surface area contributed by atoms with E-state index in [4.69, 9.17) is 10.5 Å². The average Bonchev–Trinajstić information content (AvgIpc) is 3.02. The zero-order valence-electron chi connectivity index (χ0n) is 14.2. The van der Waals surface area contributed by atoms with Crippen LogP contribution >= 0.6 is 0 Å². The van der Waals surface area contributed by atoms with Crippen molar-refractivity contribution in [1.82, 2.24) is 19.8 Å². The molecule has 7 nitrogen and oxygen atoms in total. The molecule has 1 aromatic rings. The SMILES string of the molecule is CN(C)CCN(C[C@H]1CCCO1)C(=O)c1cnc(N)nc1C(F)(F)F. The van der Waals surface area contributed by atoms with E-state index in [1.165, 1.54) is 4.90 Å². The topological polar surface area (TPSA) is 84.6 Å². The van der Waals surface area contributed by atoms with E-state index in [9.17, 15) is 18.0 Å². The van der Waals surface area contributed by atoms with Gasteiger partial charge in [-0.05, 0) is 26.9 Å². The minimum absolute atomic E-state index is 0.171. The molecule has 2 N–H and O–H groups in total. The van der Waals surface area contributed by atoms with Gasteiger partial charge in [0.25, 0.3) is 5.91 Å². The number of nitrogens with zero attached hydrogens (tertiary/aromatic N) is 4. The smallest absolute Gasteiger partial charge is 0.376 e. The molecule has 0 unspecified atom stereocenters. The van der Waals surface area contributed by atoms with Gasteiger partial charge in [-0.1, -0.05) is 0 Å². The van der Waals surface area contributed by atoms with Crippen molar-refractivity contribution in [2.45, 2.75) is 25.1 Å². The molecule has 1 amide bonds. The van der Waals surface area contributed by atoms with Crippen LogP contribution in [-0.4, -0.2) is 72.1 Å². The van der Waals surface area contributed by atoms with E-state index in [-0.39, 0.29) is 19.2 Å². The van der Waals surface area contributed by atoms with Crippen molar-refractivity contribution in [2.24, 2.45) is 0 Å². The summed E-state index contributed by atoms with van der Waals surface area (Å²) in [6.07, 6.45) is -2.48. The maximum absolute atomic E-state index is 13.2. The molecule has 25 heavy (non-hydrogen) atoms. The number of nitrogen functional groups attached to an aromatic ring is 1. The molecule has 0 aromatic carbocycles. The quantitative estimate of drug-likeness (QED) is 0.821. The van der Waals surface area contributed by atoms with E-state index in [2.05, 4.69) is 9.97 Å². The molecule has 0 bridgehead atoms.